The molecule has 1 aromatic carbocycles. The van der Waals surface area contributed by atoms with Gasteiger partial charge in [0.2, 0.25) is 0 Å². The Morgan fingerprint density at radius 1 is 1.33 bits per heavy atom. The van der Waals surface area contributed by atoms with Crippen LogP contribution in [0.15, 0.2) is 12.1 Å². The molecular weight excluding hydrogens is 278 g/mol. The molecule has 0 aliphatic rings. The monoisotopic (exact) mass is 294 g/mol. The predicted molar refractivity (Wildman–Crippen MR) is 74.6 cm³/mol. The fraction of sp³-hybridized carbons (Fsp3) is 0.286. The van der Waals surface area contributed by atoms with Gasteiger partial charge >= 0.3 is 0 Å². The van der Waals surface area contributed by atoms with Gasteiger partial charge in [-0.05, 0) is 26.0 Å². The highest BCUT2D eigenvalue weighted by atomic mass is 19.1. The van der Waals surface area contributed by atoms with Gasteiger partial charge in [0.15, 0.2) is 0 Å². The minimum atomic E-state index is -0.950. The van der Waals surface area contributed by atoms with E-state index < -0.39 is 23.2 Å². The molecule has 0 unspecified atom stereocenters. The van der Waals surface area contributed by atoms with Gasteiger partial charge in [-0.25, -0.2) is 8.78 Å². The first kappa shape index (κ1) is 15.0. The number of carbonyl (C=O) groups is 1. The second kappa shape index (κ2) is 5.51. The van der Waals surface area contributed by atoms with Gasteiger partial charge in [-0.1, -0.05) is 0 Å². The summed E-state index contributed by atoms with van der Waals surface area (Å²) in [5.41, 5.74) is 7.05. The Bertz CT molecular complexity index is 686. The van der Waals surface area contributed by atoms with E-state index in [1.54, 1.807) is 11.7 Å². The zero-order chi connectivity index (χ0) is 15.7. The normalized spacial score (nSPS) is 10.7. The number of halogens is 2. The Hall–Kier alpha value is -2.44. The van der Waals surface area contributed by atoms with Gasteiger partial charge in [-0.15, -0.1) is 0 Å². The summed E-state index contributed by atoms with van der Waals surface area (Å²) >= 11 is 0. The molecule has 1 amide bonds. The average molecular weight is 294 g/mol. The maximum absolute atomic E-state index is 13.3. The van der Waals surface area contributed by atoms with E-state index in [2.05, 4.69) is 10.4 Å². The van der Waals surface area contributed by atoms with Crippen LogP contribution in [-0.2, 0) is 13.6 Å². The van der Waals surface area contributed by atoms with Crippen LogP contribution in [0.5, 0.6) is 0 Å². The molecular formula is C14H16F2N4O. The standard InChI is InChI=1S/C14H16F2N4O/c1-7-10(8(2)20(3)19-7)6-18-14(21)9-4-11(15)13(17)12(16)5-9/h4-5H,6,17H2,1-3H3,(H,18,21). The number of rotatable bonds is 3. The Morgan fingerprint density at radius 3 is 2.38 bits per heavy atom. The number of aryl methyl sites for hydroxylation is 2. The first-order chi connectivity index (χ1) is 9.81. The second-order valence-corrected chi connectivity index (χ2v) is 4.81. The van der Waals surface area contributed by atoms with Gasteiger partial charge in [-0.3, -0.25) is 9.48 Å². The third-order valence-electron chi connectivity index (χ3n) is 3.43. The molecule has 0 bridgehead atoms. The van der Waals surface area contributed by atoms with Crippen LogP contribution in [0.1, 0.15) is 27.3 Å². The topological polar surface area (TPSA) is 72.9 Å². The van der Waals surface area contributed by atoms with E-state index in [0.29, 0.717) is 0 Å². The highest BCUT2D eigenvalue weighted by Crippen LogP contribution is 2.17. The van der Waals surface area contributed by atoms with E-state index in [9.17, 15) is 13.6 Å². The number of amides is 1. The van der Waals surface area contributed by atoms with Crippen molar-refractivity contribution < 1.29 is 13.6 Å². The molecule has 0 spiro atoms. The van der Waals surface area contributed by atoms with Crippen molar-refractivity contribution in [3.05, 3.63) is 46.3 Å². The molecule has 1 aromatic heterocycles. The highest BCUT2D eigenvalue weighted by molar-refractivity contribution is 5.94. The number of carbonyl (C=O) groups excluding carboxylic acids is 1. The summed E-state index contributed by atoms with van der Waals surface area (Å²) < 4.78 is 28.4. The molecule has 0 atom stereocenters. The largest absolute Gasteiger partial charge is 0.394 e. The molecule has 0 aliphatic carbocycles. The highest BCUT2D eigenvalue weighted by Gasteiger charge is 2.15. The smallest absolute Gasteiger partial charge is 0.251 e. The van der Waals surface area contributed by atoms with E-state index in [-0.39, 0.29) is 12.1 Å². The number of benzene rings is 1. The predicted octanol–water partition coefficient (Wildman–Crippen LogP) is 1.83. The lowest BCUT2D eigenvalue weighted by molar-refractivity contribution is 0.0950. The molecule has 0 aliphatic heterocycles. The van der Waals surface area contributed by atoms with E-state index in [1.807, 2.05) is 13.8 Å². The van der Waals surface area contributed by atoms with Crippen LogP contribution in [0.2, 0.25) is 0 Å². The van der Waals surface area contributed by atoms with Gasteiger partial charge in [0.25, 0.3) is 5.91 Å². The number of nitrogens with zero attached hydrogens (tertiary/aromatic N) is 2. The molecule has 2 rings (SSSR count). The van der Waals surface area contributed by atoms with Crippen molar-refractivity contribution in [2.75, 3.05) is 5.73 Å². The Kier molecular flexibility index (Phi) is 3.93. The SMILES string of the molecule is Cc1nn(C)c(C)c1CNC(=O)c1cc(F)c(N)c(F)c1. The Morgan fingerprint density at radius 2 is 1.90 bits per heavy atom. The lowest BCUT2D eigenvalue weighted by Gasteiger charge is -2.07. The van der Waals surface area contributed by atoms with Crippen molar-refractivity contribution in [3.63, 3.8) is 0 Å². The van der Waals surface area contributed by atoms with Gasteiger partial charge in [0.1, 0.15) is 17.3 Å². The number of anilines is 1. The van der Waals surface area contributed by atoms with Crippen molar-refractivity contribution in [3.8, 4) is 0 Å². The summed E-state index contributed by atoms with van der Waals surface area (Å²) in [4.78, 5) is 12.0. The number of hydrogen-bond acceptors (Lipinski definition) is 3. The van der Waals surface area contributed by atoms with Gasteiger partial charge < -0.3 is 11.1 Å². The molecule has 0 saturated heterocycles. The quantitative estimate of drug-likeness (QED) is 0.848. The number of nitrogens with one attached hydrogen (secondary N) is 1. The van der Waals surface area contributed by atoms with Crippen LogP contribution in [0.4, 0.5) is 14.5 Å². The fourth-order valence-electron chi connectivity index (χ4n) is 2.06. The molecule has 3 N–H and O–H groups in total. The van der Waals surface area contributed by atoms with Gasteiger partial charge in [-0.2, -0.15) is 5.10 Å². The third-order valence-corrected chi connectivity index (χ3v) is 3.43. The van der Waals surface area contributed by atoms with E-state index in [4.69, 9.17) is 5.73 Å². The summed E-state index contributed by atoms with van der Waals surface area (Å²) in [6.45, 7) is 3.94. The second-order valence-electron chi connectivity index (χ2n) is 4.81. The Labute approximate surface area is 120 Å². The van der Waals surface area contributed by atoms with Crippen LogP contribution in [0, 0.1) is 25.5 Å². The van der Waals surface area contributed by atoms with Gasteiger partial charge in [0, 0.05) is 30.4 Å². The minimum Gasteiger partial charge on any atom is -0.394 e. The van der Waals surface area contributed by atoms with Crippen LogP contribution in [0.3, 0.4) is 0 Å². The maximum Gasteiger partial charge on any atom is 0.251 e. The molecule has 0 fully saturated rings. The summed E-state index contributed by atoms with van der Waals surface area (Å²) in [7, 11) is 1.80. The molecule has 112 valence electrons. The molecule has 5 nitrogen and oxygen atoms in total. The lowest BCUT2D eigenvalue weighted by Crippen LogP contribution is -2.24. The van der Waals surface area contributed by atoms with Crippen molar-refractivity contribution >= 4 is 11.6 Å². The van der Waals surface area contributed by atoms with Crippen molar-refractivity contribution in [1.82, 2.24) is 15.1 Å². The summed E-state index contributed by atoms with van der Waals surface area (Å²) in [6.07, 6.45) is 0. The minimum absolute atomic E-state index is 0.113. The zero-order valence-corrected chi connectivity index (χ0v) is 12.0. The molecule has 21 heavy (non-hydrogen) atoms. The number of aromatic nitrogens is 2. The van der Waals surface area contributed by atoms with Crippen molar-refractivity contribution in [2.24, 2.45) is 7.05 Å². The lowest BCUT2D eigenvalue weighted by atomic mass is 10.1. The number of nitrogen functional groups attached to an aromatic ring is 1. The molecule has 1 heterocycles. The fourth-order valence-corrected chi connectivity index (χ4v) is 2.06. The summed E-state index contributed by atoms with van der Waals surface area (Å²) in [5, 5.41) is 6.85. The molecule has 2 aromatic rings. The molecule has 0 radical (unpaired) electrons. The van der Waals surface area contributed by atoms with Gasteiger partial charge in [0.05, 0.1) is 5.69 Å². The maximum atomic E-state index is 13.3. The molecule has 7 heteroatoms. The number of hydrogen-bond donors (Lipinski definition) is 2. The van der Waals surface area contributed by atoms with Crippen molar-refractivity contribution in [1.29, 1.82) is 0 Å². The number of nitrogens with two attached hydrogens (primary N) is 1. The van der Waals surface area contributed by atoms with Crippen LogP contribution >= 0.6 is 0 Å². The van der Waals surface area contributed by atoms with Crippen molar-refractivity contribution in [2.45, 2.75) is 20.4 Å². The van der Waals surface area contributed by atoms with Crippen LogP contribution in [0.25, 0.3) is 0 Å². The average Bonchev–Trinajstić information content (AvgIpc) is 2.66. The first-order valence-electron chi connectivity index (χ1n) is 6.33. The van der Waals surface area contributed by atoms with Crippen LogP contribution in [-0.4, -0.2) is 15.7 Å². The summed E-state index contributed by atoms with van der Waals surface area (Å²) in [6, 6.07) is 1.83. The Balaban J connectivity index is 2.16. The van der Waals surface area contributed by atoms with E-state index >= 15 is 0 Å². The van der Waals surface area contributed by atoms with E-state index in [1.165, 1.54) is 0 Å². The summed E-state index contributed by atoms with van der Waals surface area (Å²) in [5.74, 6) is -2.47. The zero-order valence-electron chi connectivity index (χ0n) is 12.0. The van der Waals surface area contributed by atoms with E-state index in [0.717, 1.165) is 29.1 Å². The first-order valence-corrected chi connectivity index (χ1v) is 6.33. The van der Waals surface area contributed by atoms with Crippen LogP contribution < -0.4 is 11.1 Å². The third kappa shape index (κ3) is 2.86. The molecule has 0 saturated carbocycles.